The molecule has 3 nitrogen and oxygen atoms in total. The van der Waals surface area contributed by atoms with Crippen molar-refractivity contribution in [3.05, 3.63) is 36.3 Å². The molecule has 4 heteroatoms. The molecule has 0 radical (unpaired) electrons. The van der Waals surface area contributed by atoms with Crippen LogP contribution >= 0.6 is 11.8 Å². The van der Waals surface area contributed by atoms with Crippen LogP contribution in [-0.4, -0.2) is 27.2 Å². The third kappa shape index (κ3) is 2.64. The Morgan fingerprint density at radius 3 is 3.12 bits per heavy atom. The van der Waals surface area contributed by atoms with Crippen LogP contribution < -0.4 is 0 Å². The summed E-state index contributed by atoms with van der Waals surface area (Å²) < 4.78 is 2.06. The van der Waals surface area contributed by atoms with Crippen LogP contribution in [0.4, 0.5) is 0 Å². The van der Waals surface area contributed by atoms with Crippen molar-refractivity contribution in [2.24, 2.45) is 4.99 Å². The van der Waals surface area contributed by atoms with Gasteiger partial charge >= 0.3 is 0 Å². The van der Waals surface area contributed by atoms with E-state index in [4.69, 9.17) is 0 Å². The fourth-order valence-corrected chi connectivity index (χ4v) is 2.21. The molecule has 2 aromatic heterocycles. The predicted octanol–water partition coefficient (Wildman–Crippen LogP) is 2.66. The van der Waals surface area contributed by atoms with E-state index >= 15 is 0 Å². The Labute approximate surface area is 99.6 Å². The molecule has 0 saturated carbocycles. The highest BCUT2D eigenvalue weighted by Gasteiger charge is 2.01. The summed E-state index contributed by atoms with van der Waals surface area (Å²) in [6.45, 7) is 2.04. The average molecular weight is 233 g/mol. The molecule has 0 N–H and O–H groups in total. The van der Waals surface area contributed by atoms with Crippen LogP contribution in [0.2, 0.25) is 0 Å². The molecule has 0 spiro atoms. The lowest BCUT2D eigenvalue weighted by atomic mass is 10.4. The Morgan fingerprint density at radius 2 is 2.38 bits per heavy atom. The Morgan fingerprint density at radius 1 is 1.50 bits per heavy atom. The summed E-state index contributed by atoms with van der Waals surface area (Å²) in [7, 11) is 1.83. The molecule has 2 rings (SSSR count). The maximum atomic E-state index is 4.55. The number of nitrogens with zero attached hydrogens (tertiary/aromatic N) is 3. The van der Waals surface area contributed by atoms with E-state index in [-0.39, 0.29) is 0 Å². The summed E-state index contributed by atoms with van der Waals surface area (Å²) in [4.78, 5) is 8.66. The Balaban J connectivity index is 1.99. The number of imidazole rings is 1. The van der Waals surface area contributed by atoms with Gasteiger partial charge in [-0.3, -0.25) is 4.99 Å². The minimum Gasteiger partial charge on any atom is -0.307 e. The highest BCUT2D eigenvalue weighted by Crippen LogP contribution is 2.09. The topological polar surface area (TPSA) is 29.7 Å². The summed E-state index contributed by atoms with van der Waals surface area (Å²) in [5.41, 5.74) is 2.16. The largest absolute Gasteiger partial charge is 0.307 e. The Hall–Kier alpha value is -1.29. The van der Waals surface area contributed by atoms with E-state index in [9.17, 15) is 0 Å². The quantitative estimate of drug-likeness (QED) is 0.602. The number of hydrogen-bond acceptors (Lipinski definition) is 3. The number of rotatable bonds is 3. The average Bonchev–Trinajstić information content (AvgIpc) is 2.71. The molecule has 0 aromatic carbocycles. The highest BCUT2D eigenvalue weighted by molar-refractivity contribution is 8.13. The molecule has 0 atom stereocenters. The number of thioether (sulfide) groups is 1. The minimum atomic E-state index is 0.985. The van der Waals surface area contributed by atoms with Gasteiger partial charge in [0.2, 0.25) is 0 Å². The first-order chi connectivity index (χ1) is 7.79. The number of aliphatic imine (C=N–C) groups is 1. The van der Waals surface area contributed by atoms with E-state index in [1.54, 1.807) is 11.8 Å². The molecular formula is C12H15N3S. The third-order valence-electron chi connectivity index (χ3n) is 2.40. The van der Waals surface area contributed by atoms with Gasteiger partial charge in [0, 0.05) is 31.6 Å². The smallest absolute Gasteiger partial charge is 0.136 e. The van der Waals surface area contributed by atoms with Gasteiger partial charge in [0.05, 0.1) is 10.7 Å². The van der Waals surface area contributed by atoms with Gasteiger partial charge in [-0.15, -0.1) is 11.8 Å². The molecule has 0 saturated heterocycles. The fourth-order valence-electron chi connectivity index (χ4n) is 1.48. The number of hydrogen-bond donors (Lipinski definition) is 0. The predicted molar refractivity (Wildman–Crippen MR) is 70.4 cm³/mol. The molecule has 84 valence electrons. The van der Waals surface area contributed by atoms with Crippen molar-refractivity contribution in [3.63, 3.8) is 0 Å². The lowest BCUT2D eigenvalue weighted by molar-refractivity contribution is 1.08. The van der Waals surface area contributed by atoms with Crippen molar-refractivity contribution in [1.82, 2.24) is 9.38 Å². The van der Waals surface area contributed by atoms with E-state index in [0.717, 1.165) is 28.6 Å². The zero-order valence-electron chi connectivity index (χ0n) is 9.55. The molecule has 2 heterocycles. The van der Waals surface area contributed by atoms with Gasteiger partial charge in [-0.1, -0.05) is 6.07 Å². The van der Waals surface area contributed by atoms with Gasteiger partial charge < -0.3 is 4.40 Å². The molecule has 0 fully saturated rings. The van der Waals surface area contributed by atoms with Crippen LogP contribution in [0.3, 0.4) is 0 Å². The molecule has 0 unspecified atom stereocenters. The second-order valence-corrected chi connectivity index (χ2v) is 4.83. The van der Waals surface area contributed by atoms with Crippen molar-refractivity contribution in [1.29, 1.82) is 0 Å². The molecule has 0 aliphatic carbocycles. The standard InChI is InChI=1S/C12H15N3S/c1-10(13-2)16-8-6-11-9-15-7-4-3-5-12(15)14-11/h3-5,7,9H,6,8H2,1-2H3. The highest BCUT2D eigenvalue weighted by atomic mass is 32.2. The maximum Gasteiger partial charge on any atom is 0.136 e. The van der Waals surface area contributed by atoms with Crippen LogP contribution in [0.15, 0.2) is 35.6 Å². The normalized spacial score (nSPS) is 12.2. The van der Waals surface area contributed by atoms with Crippen molar-refractivity contribution in [2.75, 3.05) is 12.8 Å². The molecule has 2 aromatic rings. The summed E-state index contributed by atoms with van der Waals surface area (Å²) >= 11 is 1.78. The third-order valence-corrected chi connectivity index (χ3v) is 3.41. The monoisotopic (exact) mass is 233 g/mol. The molecule has 0 aliphatic rings. The fraction of sp³-hybridized carbons (Fsp3) is 0.333. The van der Waals surface area contributed by atoms with Crippen LogP contribution in [0.1, 0.15) is 12.6 Å². The van der Waals surface area contributed by atoms with Crippen LogP contribution in [0, 0.1) is 0 Å². The zero-order valence-corrected chi connectivity index (χ0v) is 10.4. The van der Waals surface area contributed by atoms with Gasteiger partial charge in [0.1, 0.15) is 5.65 Å². The van der Waals surface area contributed by atoms with E-state index in [1.807, 2.05) is 38.4 Å². The first-order valence-electron chi connectivity index (χ1n) is 5.28. The van der Waals surface area contributed by atoms with E-state index < -0.39 is 0 Å². The van der Waals surface area contributed by atoms with Gasteiger partial charge in [-0.25, -0.2) is 4.98 Å². The van der Waals surface area contributed by atoms with E-state index in [2.05, 4.69) is 20.6 Å². The number of aryl methyl sites for hydroxylation is 1. The molecule has 16 heavy (non-hydrogen) atoms. The van der Waals surface area contributed by atoms with Crippen molar-refractivity contribution in [2.45, 2.75) is 13.3 Å². The summed E-state index contributed by atoms with van der Waals surface area (Å²) in [6.07, 6.45) is 5.10. The molecule has 0 amide bonds. The van der Waals surface area contributed by atoms with Crippen molar-refractivity contribution in [3.8, 4) is 0 Å². The first kappa shape index (κ1) is 11.2. The minimum absolute atomic E-state index is 0.985. The summed E-state index contributed by atoms with van der Waals surface area (Å²) in [6, 6.07) is 6.05. The second-order valence-electron chi connectivity index (χ2n) is 3.54. The number of aromatic nitrogens is 2. The van der Waals surface area contributed by atoms with Crippen molar-refractivity contribution >= 4 is 22.5 Å². The number of fused-ring (bicyclic) bond motifs is 1. The van der Waals surface area contributed by atoms with Crippen LogP contribution in [-0.2, 0) is 6.42 Å². The first-order valence-corrected chi connectivity index (χ1v) is 6.27. The zero-order chi connectivity index (χ0) is 11.4. The van der Waals surface area contributed by atoms with E-state index in [1.165, 1.54) is 0 Å². The summed E-state index contributed by atoms with van der Waals surface area (Å²) in [5, 5.41) is 1.13. The van der Waals surface area contributed by atoms with Gasteiger partial charge in [-0.05, 0) is 19.1 Å². The van der Waals surface area contributed by atoms with Crippen LogP contribution in [0.25, 0.3) is 5.65 Å². The molecule has 0 aliphatic heterocycles. The lowest BCUT2D eigenvalue weighted by Crippen LogP contribution is -1.92. The Kier molecular flexibility index (Phi) is 3.62. The van der Waals surface area contributed by atoms with E-state index in [0.29, 0.717) is 0 Å². The van der Waals surface area contributed by atoms with Gasteiger partial charge in [-0.2, -0.15) is 0 Å². The number of pyridine rings is 1. The molecular weight excluding hydrogens is 218 g/mol. The SMILES string of the molecule is CN=C(C)SCCc1cn2ccccc2n1. The molecule has 0 bridgehead atoms. The van der Waals surface area contributed by atoms with Crippen LogP contribution in [0.5, 0.6) is 0 Å². The Bertz CT molecular complexity index is 469. The van der Waals surface area contributed by atoms with Gasteiger partial charge in [0.25, 0.3) is 0 Å². The second kappa shape index (κ2) is 5.16. The lowest BCUT2D eigenvalue weighted by Gasteiger charge is -1.96. The summed E-state index contributed by atoms with van der Waals surface area (Å²) in [5.74, 6) is 1.03. The van der Waals surface area contributed by atoms with Crippen molar-refractivity contribution < 1.29 is 0 Å². The van der Waals surface area contributed by atoms with Gasteiger partial charge in [0.15, 0.2) is 0 Å². The maximum absolute atomic E-state index is 4.55.